The summed E-state index contributed by atoms with van der Waals surface area (Å²) >= 11 is 0. The number of anilines is 1. The van der Waals surface area contributed by atoms with E-state index in [-0.39, 0.29) is 30.9 Å². The summed E-state index contributed by atoms with van der Waals surface area (Å²) < 4.78 is 16.6. The van der Waals surface area contributed by atoms with Gasteiger partial charge in [-0.1, -0.05) is 48.5 Å². The molecule has 3 heterocycles. The molecule has 0 saturated carbocycles. The number of carbonyl (C=O) groups is 2. The van der Waals surface area contributed by atoms with Crippen molar-refractivity contribution in [3.05, 3.63) is 101 Å². The van der Waals surface area contributed by atoms with Crippen molar-refractivity contribution in [1.82, 2.24) is 20.3 Å². The number of hydrogen-bond acceptors (Lipinski definition) is 9. The van der Waals surface area contributed by atoms with Crippen LogP contribution in [-0.2, 0) is 27.3 Å². The Hall–Kier alpha value is -4.87. The molecule has 1 aliphatic heterocycles. The van der Waals surface area contributed by atoms with Crippen LogP contribution in [0.3, 0.4) is 0 Å². The molecule has 0 spiro atoms. The summed E-state index contributed by atoms with van der Waals surface area (Å²) in [6.07, 6.45) is 4.26. The van der Waals surface area contributed by atoms with Gasteiger partial charge in [0.2, 0.25) is 0 Å². The minimum Gasteiger partial charge on any atom is -0.485 e. The van der Waals surface area contributed by atoms with Gasteiger partial charge >= 0.3 is 5.97 Å². The number of carbonyl (C=O) groups excluding carboxylic acids is 1. The Balaban J connectivity index is 1.20. The van der Waals surface area contributed by atoms with Gasteiger partial charge in [-0.3, -0.25) is 14.6 Å². The number of rotatable bonds is 14. The molecule has 5 rings (SSSR count). The van der Waals surface area contributed by atoms with E-state index in [4.69, 9.17) is 24.3 Å². The molecule has 1 amide bonds. The number of aliphatic carboxylic acids is 1. The molecule has 0 radical (unpaired) electrons. The zero-order valence-electron chi connectivity index (χ0n) is 27.0. The number of pyridine rings is 1. The van der Waals surface area contributed by atoms with Gasteiger partial charge in [0.05, 0.1) is 17.5 Å². The number of amides is 1. The molecule has 1 atom stereocenters. The van der Waals surface area contributed by atoms with Crippen LogP contribution in [0.15, 0.2) is 72.9 Å². The van der Waals surface area contributed by atoms with Crippen molar-refractivity contribution in [2.24, 2.45) is 5.92 Å². The summed E-state index contributed by atoms with van der Waals surface area (Å²) in [5, 5.41) is 11.5. The molecule has 4 aromatic rings. The van der Waals surface area contributed by atoms with Gasteiger partial charge in [-0.2, -0.15) is 0 Å². The first-order valence-electron chi connectivity index (χ1n) is 15.8. The van der Waals surface area contributed by atoms with Gasteiger partial charge in [-0.15, -0.1) is 0 Å². The van der Waals surface area contributed by atoms with E-state index in [1.807, 2.05) is 55.6 Å². The molecule has 0 aliphatic carbocycles. The number of benzene rings is 2. The van der Waals surface area contributed by atoms with Gasteiger partial charge in [-0.25, -0.2) is 9.97 Å². The minimum absolute atomic E-state index is 0.0558. The second kappa shape index (κ2) is 16.1. The van der Waals surface area contributed by atoms with Crippen molar-refractivity contribution < 1.29 is 28.9 Å². The molecule has 1 aliphatic rings. The molecule has 11 nitrogen and oxygen atoms in total. The van der Waals surface area contributed by atoms with Crippen molar-refractivity contribution in [3.63, 3.8) is 0 Å². The number of nitrogens with one attached hydrogen (secondary N) is 1. The molecular weight excluding hydrogens is 598 g/mol. The highest BCUT2D eigenvalue weighted by atomic mass is 16.7. The number of carboxylic acid groups (broad SMARTS) is 1. The van der Waals surface area contributed by atoms with E-state index in [2.05, 4.69) is 44.5 Å². The van der Waals surface area contributed by atoms with Crippen LogP contribution < -0.4 is 15.0 Å². The first kappa shape index (κ1) is 33.5. The third-order valence-corrected chi connectivity index (χ3v) is 8.23. The van der Waals surface area contributed by atoms with Crippen LogP contribution >= 0.6 is 0 Å². The first-order valence-corrected chi connectivity index (χ1v) is 15.8. The van der Waals surface area contributed by atoms with Gasteiger partial charge in [0.1, 0.15) is 25.8 Å². The molecule has 2 aromatic heterocycles. The lowest BCUT2D eigenvalue weighted by atomic mass is 9.92. The quantitative estimate of drug-likeness (QED) is 0.173. The van der Waals surface area contributed by atoms with Crippen LogP contribution in [0.1, 0.15) is 59.0 Å². The number of aromatic nitrogens is 3. The van der Waals surface area contributed by atoms with E-state index in [0.717, 1.165) is 54.0 Å². The lowest BCUT2D eigenvalue weighted by Crippen LogP contribution is -2.34. The Morgan fingerprint density at radius 3 is 2.43 bits per heavy atom. The Morgan fingerprint density at radius 1 is 1.02 bits per heavy atom. The van der Waals surface area contributed by atoms with Crippen LogP contribution in [0, 0.1) is 12.8 Å². The summed E-state index contributed by atoms with van der Waals surface area (Å²) in [6, 6.07) is 22.1. The maximum atomic E-state index is 13.0. The second-order valence-corrected chi connectivity index (χ2v) is 11.6. The highest BCUT2D eigenvalue weighted by Crippen LogP contribution is 2.29. The largest absolute Gasteiger partial charge is 0.485 e. The number of hydrogen-bond donors (Lipinski definition) is 2. The van der Waals surface area contributed by atoms with Gasteiger partial charge in [0.25, 0.3) is 5.91 Å². The van der Waals surface area contributed by atoms with Crippen LogP contribution in [0.4, 0.5) is 5.69 Å². The molecule has 47 heavy (non-hydrogen) atoms. The van der Waals surface area contributed by atoms with Gasteiger partial charge in [0.15, 0.2) is 11.4 Å². The van der Waals surface area contributed by atoms with Crippen LogP contribution in [0.5, 0.6) is 5.75 Å². The first-order chi connectivity index (χ1) is 22.8. The van der Waals surface area contributed by atoms with Gasteiger partial charge in [-0.05, 0) is 61.9 Å². The summed E-state index contributed by atoms with van der Waals surface area (Å²) in [7, 11) is 1.60. The average Bonchev–Trinajstić information content (AvgIpc) is 3.10. The number of carboxylic acids is 1. The van der Waals surface area contributed by atoms with E-state index < -0.39 is 18.4 Å². The Bertz CT molecular complexity index is 1620. The predicted molar refractivity (Wildman–Crippen MR) is 177 cm³/mol. The fraction of sp³-hybridized carbons (Fsp3) is 0.361. The van der Waals surface area contributed by atoms with Crippen LogP contribution in [-0.4, -0.2) is 65.5 Å². The molecular formula is C36H41N5O6. The molecule has 1 saturated heterocycles. The van der Waals surface area contributed by atoms with Crippen LogP contribution in [0.25, 0.3) is 11.3 Å². The summed E-state index contributed by atoms with van der Waals surface area (Å²) in [5.74, 6) is -0.583. The zero-order chi connectivity index (χ0) is 33.2. The van der Waals surface area contributed by atoms with E-state index in [9.17, 15) is 9.59 Å². The highest BCUT2D eigenvalue weighted by molar-refractivity contribution is 5.96. The molecule has 1 unspecified atom stereocenters. The molecule has 246 valence electrons. The third kappa shape index (κ3) is 9.11. The standard InChI is InChI=1S/C36H41N5O6/c1-24-35(46-22-27-7-5-4-6-8-27)34(36(44)38-21-33(42)43)40-32(39-24)19-26-15-17-41(18-16-26)30-12-9-28(10-13-30)31-14-11-29(20-37-31)25(2)47-23-45-3/h4-14,20,25-26H,15-19,21-23H2,1-3H3,(H,38,44)(H,42,43). The number of aryl methyl sites for hydroxylation is 1. The van der Waals surface area contributed by atoms with E-state index in [1.165, 1.54) is 0 Å². The molecule has 1 fully saturated rings. The van der Waals surface area contributed by atoms with Gasteiger partial charge in [0, 0.05) is 44.1 Å². The fourth-order valence-corrected chi connectivity index (χ4v) is 5.59. The molecule has 11 heteroatoms. The number of methoxy groups -OCH3 is 1. The average molecular weight is 640 g/mol. The smallest absolute Gasteiger partial charge is 0.322 e. The Labute approximate surface area is 274 Å². The van der Waals surface area contributed by atoms with Crippen molar-refractivity contribution >= 4 is 17.6 Å². The Morgan fingerprint density at radius 2 is 1.77 bits per heavy atom. The number of ether oxygens (including phenoxy) is 3. The molecule has 2 aromatic carbocycles. The van der Waals surface area contributed by atoms with Crippen molar-refractivity contribution in [2.45, 2.75) is 45.8 Å². The maximum absolute atomic E-state index is 13.0. The lowest BCUT2D eigenvalue weighted by molar-refractivity contribution is -0.135. The molecule has 2 N–H and O–H groups in total. The van der Waals surface area contributed by atoms with Gasteiger partial charge < -0.3 is 29.5 Å². The predicted octanol–water partition coefficient (Wildman–Crippen LogP) is 5.38. The number of nitrogens with zero attached hydrogens (tertiary/aromatic N) is 4. The maximum Gasteiger partial charge on any atom is 0.322 e. The van der Waals surface area contributed by atoms with E-state index in [1.54, 1.807) is 14.0 Å². The van der Waals surface area contributed by atoms with Crippen molar-refractivity contribution in [2.75, 3.05) is 38.4 Å². The van der Waals surface area contributed by atoms with Crippen molar-refractivity contribution in [1.29, 1.82) is 0 Å². The van der Waals surface area contributed by atoms with Crippen molar-refractivity contribution in [3.8, 4) is 17.0 Å². The minimum atomic E-state index is -1.14. The SMILES string of the molecule is COCOC(C)c1ccc(-c2ccc(N3CCC(Cc4nc(C)c(OCc5ccccc5)c(C(=O)NCC(=O)O)n4)CC3)cc2)nc1. The monoisotopic (exact) mass is 639 g/mol. The van der Waals surface area contributed by atoms with E-state index in [0.29, 0.717) is 23.9 Å². The summed E-state index contributed by atoms with van der Waals surface area (Å²) in [5.41, 5.74) is 5.64. The van der Waals surface area contributed by atoms with Crippen LogP contribution in [0.2, 0.25) is 0 Å². The summed E-state index contributed by atoms with van der Waals surface area (Å²) in [4.78, 5) is 40.4. The van der Waals surface area contributed by atoms with E-state index >= 15 is 0 Å². The highest BCUT2D eigenvalue weighted by Gasteiger charge is 2.25. The lowest BCUT2D eigenvalue weighted by Gasteiger charge is -2.33. The molecule has 0 bridgehead atoms. The normalized spacial score (nSPS) is 14.1. The number of piperidine rings is 1. The topological polar surface area (TPSA) is 136 Å². The second-order valence-electron chi connectivity index (χ2n) is 11.6. The Kier molecular flexibility index (Phi) is 11.5. The third-order valence-electron chi connectivity index (χ3n) is 8.23. The zero-order valence-corrected chi connectivity index (χ0v) is 27.0. The fourth-order valence-electron chi connectivity index (χ4n) is 5.59. The summed E-state index contributed by atoms with van der Waals surface area (Å²) in [6.45, 7) is 5.49.